The fourth-order valence-electron chi connectivity index (χ4n) is 2.26. The van der Waals surface area contributed by atoms with Gasteiger partial charge in [0.25, 0.3) is 0 Å². The van der Waals surface area contributed by atoms with Crippen LogP contribution in [0.4, 0.5) is 9.52 Å². The van der Waals surface area contributed by atoms with Gasteiger partial charge in [0.05, 0.1) is 16.8 Å². The van der Waals surface area contributed by atoms with Gasteiger partial charge in [0.2, 0.25) is 5.91 Å². The van der Waals surface area contributed by atoms with E-state index in [2.05, 4.69) is 10.3 Å². The van der Waals surface area contributed by atoms with Crippen molar-refractivity contribution in [1.29, 1.82) is 0 Å². The van der Waals surface area contributed by atoms with E-state index < -0.39 is 0 Å². The first-order valence-electron chi connectivity index (χ1n) is 7.76. The van der Waals surface area contributed by atoms with Crippen LogP contribution < -0.4 is 10.1 Å². The maximum Gasteiger partial charge on any atom is 0.226 e. The molecule has 0 atom stereocenters. The molecule has 1 heterocycles. The molecule has 0 aliphatic heterocycles. The lowest BCUT2D eigenvalue weighted by atomic mass is 10.2. The molecule has 0 radical (unpaired) electrons. The number of amides is 1. The SMILES string of the molecule is Cc1cc(OCCCC(=O)Nc2nc3ccc(F)cc3s2)ccc1Cl. The van der Waals surface area contributed by atoms with Gasteiger partial charge in [0.1, 0.15) is 11.6 Å². The van der Waals surface area contributed by atoms with Crippen LogP contribution in [0.2, 0.25) is 5.02 Å². The zero-order valence-electron chi connectivity index (χ0n) is 13.5. The van der Waals surface area contributed by atoms with Crippen LogP contribution in [0.1, 0.15) is 18.4 Å². The molecule has 3 rings (SSSR count). The van der Waals surface area contributed by atoms with E-state index in [4.69, 9.17) is 16.3 Å². The number of nitrogens with one attached hydrogen (secondary N) is 1. The Labute approximate surface area is 153 Å². The topological polar surface area (TPSA) is 51.2 Å². The van der Waals surface area contributed by atoms with Gasteiger partial charge in [-0.2, -0.15) is 0 Å². The van der Waals surface area contributed by atoms with Crippen LogP contribution in [0.5, 0.6) is 5.75 Å². The Kier molecular flexibility index (Phi) is 5.50. The number of hydrogen-bond donors (Lipinski definition) is 1. The molecule has 1 aromatic heterocycles. The number of aromatic nitrogens is 1. The summed E-state index contributed by atoms with van der Waals surface area (Å²) in [6.07, 6.45) is 0.893. The highest BCUT2D eigenvalue weighted by Gasteiger charge is 2.08. The first-order chi connectivity index (χ1) is 12.0. The number of hydrogen-bond acceptors (Lipinski definition) is 4. The Morgan fingerprint density at radius 3 is 2.96 bits per heavy atom. The molecule has 0 saturated carbocycles. The molecular formula is C18H16ClFN2O2S. The third kappa shape index (κ3) is 4.67. The van der Waals surface area contributed by atoms with Crippen molar-refractivity contribution < 1.29 is 13.9 Å². The van der Waals surface area contributed by atoms with E-state index in [1.807, 2.05) is 13.0 Å². The summed E-state index contributed by atoms with van der Waals surface area (Å²) in [5.41, 5.74) is 1.62. The average molecular weight is 379 g/mol. The second-order valence-electron chi connectivity index (χ2n) is 5.54. The monoisotopic (exact) mass is 378 g/mol. The van der Waals surface area contributed by atoms with E-state index in [9.17, 15) is 9.18 Å². The molecule has 0 aliphatic rings. The summed E-state index contributed by atoms with van der Waals surface area (Å²) in [6.45, 7) is 2.34. The van der Waals surface area contributed by atoms with Gasteiger partial charge >= 0.3 is 0 Å². The number of fused-ring (bicyclic) bond motifs is 1. The Morgan fingerprint density at radius 1 is 1.32 bits per heavy atom. The molecule has 3 aromatic rings. The third-order valence-electron chi connectivity index (χ3n) is 3.54. The Morgan fingerprint density at radius 2 is 2.16 bits per heavy atom. The minimum Gasteiger partial charge on any atom is -0.494 e. The van der Waals surface area contributed by atoms with E-state index in [-0.39, 0.29) is 11.7 Å². The molecule has 7 heteroatoms. The summed E-state index contributed by atoms with van der Waals surface area (Å²) >= 11 is 7.22. The number of carbonyl (C=O) groups is 1. The number of ether oxygens (including phenoxy) is 1. The standard InChI is InChI=1S/C18H16ClFN2O2S/c1-11-9-13(5-6-14(11)19)24-8-2-3-17(23)22-18-21-15-7-4-12(20)10-16(15)25-18/h4-7,9-10H,2-3,8H2,1H3,(H,21,22,23). The van der Waals surface area contributed by atoms with E-state index in [1.165, 1.54) is 23.5 Å². The van der Waals surface area contributed by atoms with Crippen LogP contribution in [-0.2, 0) is 4.79 Å². The van der Waals surface area contributed by atoms with Crippen molar-refractivity contribution in [3.05, 3.63) is 52.8 Å². The molecule has 25 heavy (non-hydrogen) atoms. The van der Waals surface area contributed by atoms with Gasteiger partial charge < -0.3 is 10.1 Å². The fourth-order valence-corrected chi connectivity index (χ4v) is 3.29. The highest BCUT2D eigenvalue weighted by Crippen LogP contribution is 2.26. The van der Waals surface area contributed by atoms with Gasteiger partial charge in [-0.15, -0.1) is 0 Å². The summed E-state index contributed by atoms with van der Waals surface area (Å²) in [5, 5.41) is 3.91. The van der Waals surface area contributed by atoms with Gasteiger partial charge in [-0.25, -0.2) is 9.37 Å². The number of benzene rings is 2. The highest BCUT2D eigenvalue weighted by molar-refractivity contribution is 7.22. The summed E-state index contributed by atoms with van der Waals surface area (Å²) < 4.78 is 19.5. The van der Waals surface area contributed by atoms with Crippen LogP contribution in [0, 0.1) is 12.7 Å². The molecule has 0 aliphatic carbocycles. The maximum atomic E-state index is 13.2. The van der Waals surface area contributed by atoms with E-state index in [0.29, 0.717) is 39.8 Å². The van der Waals surface area contributed by atoms with Crippen LogP contribution in [-0.4, -0.2) is 17.5 Å². The average Bonchev–Trinajstić information content (AvgIpc) is 2.96. The van der Waals surface area contributed by atoms with E-state index in [0.717, 1.165) is 11.3 Å². The Bertz CT molecular complexity index is 913. The van der Waals surface area contributed by atoms with Gasteiger partial charge in [0.15, 0.2) is 5.13 Å². The van der Waals surface area contributed by atoms with Crippen molar-refractivity contribution in [3.8, 4) is 5.75 Å². The number of thiazole rings is 1. The molecule has 4 nitrogen and oxygen atoms in total. The van der Waals surface area contributed by atoms with Crippen LogP contribution in [0.3, 0.4) is 0 Å². The van der Waals surface area contributed by atoms with Crippen molar-refractivity contribution in [2.75, 3.05) is 11.9 Å². The number of rotatable bonds is 6. The lowest BCUT2D eigenvalue weighted by Crippen LogP contribution is -2.12. The second-order valence-corrected chi connectivity index (χ2v) is 6.98. The van der Waals surface area contributed by atoms with Crippen molar-refractivity contribution in [3.63, 3.8) is 0 Å². The highest BCUT2D eigenvalue weighted by atomic mass is 35.5. The number of anilines is 1. The predicted molar refractivity (Wildman–Crippen MR) is 99.1 cm³/mol. The zero-order chi connectivity index (χ0) is 17.8. The quantitative estimate of drug-likeness (QED) is 0.600. The van der Waals surface area contributed by atoms with Crippen LogP contribution in [0.25, 0.3) is 10.2 Å². The molecule has 0 bridgehead atoms. The normalized spacial score (nSPS) is 10.8. The molecule has 130 valence electrons. The molecule has 0 fully saturated rings. The number of halogens is 2. The van der Waals surface area contributed by atoms with Crippen molar-refractivity contribution in [2.45, 2.75) is 19.8 Å². The number of aryl methyl sites for hydroxylation is 1. The van der Waals surface area contributed by atoms with Crippen molar-refractivity contribution >= 4 is 44.2 Å². The molecule has 1 amide bonds. The molecule has 1 N–H and O–H groups in total. The predicted octanol–water partition coefficient (Wildman–Crippen LogP) is 5.19. The van der Waals surface area contributed by atoms with Gasteiger partial charge in [0, 0.05) is 11.4 Å². The minimum absolute atomic E-state index is 0.143. The summed E-state index contributed by atoms with van der Waals surface area (Å²) in [5.74, 6) is 0.273. The minimum atomic E-state index is -0.316. The van der Waals surface area contributed by atoms with Crippen LogP contribution in [0.15, 0.2) is 36.4 Å². The molecule has 0 saturated heterocycles. The first kappa shape index (κ1) is 17.6. The Balaban J connectivity index is 1.46. The smallest absolute Gasteiger partial charge is 0.226 e. The van der Waals surface area contributed by atoms with Gasteiger partial charge in [-0.1, -0.05) is 22.9 Å². The summed E-state index contributed by atoms with van der Waals surface area (Å²) in [4.78, 5) is 16.2. The fraction of sp³-hybridized carbons (Fsp3) is 0.222. The summed E-state index contributed by atoms with van der Waals surface area (Å²) in [6, 6.07) is 9.81. The second kappa shape index (κ2) is 7.80. The van der Waals surface area contributed by atoms with Crippen molar-refractivity contribution in [2.24, 2.45) is 0 Å². The first-order valence-corrected chi connectivity index (χ1v) is 8.95. The molecule has 0 unspecified atom stereocenters. The number of carbonyl (C=O) groups excluding carboxylic acids is 1. The van der Waals surface area contributed by atoms with Gasteiger partial charge in [-0.05, 0) is 55.3 Å². The van der Waals surface area contributed by atoms with Crippen molar-refractivity contribution in [1.82, 2.24) is 4.98 Å². The molecular weight excluding hydrogens is 363 g/mol. The molecule has 0 spiro atoms. The van der Waals surface area contributed by atoms with Crippen LogP contribution >= 0.6 is 22.9 Å². The lowest BCUT2D eigenvalue weighted by Gasteiger charge is -2.07. The van der Waals surface area contributed by atoms with E-state index in [1.54, 1.807) is 18.2 Å². The maximum absolute atomic E-state index is 13.2. The van der Waals surface area contributed by atoms with E-state index >= 15 is 0 Å². The lowest BCUT2D eigenvalue weighted by molar-refractivity contribution is -0.116. The third-order valence-corrected chi connectivity index (χ3v) is 4.90. The Hall–Kier alpha value is -2.18. The largest absolute Gasteiger partial charge is 0.494 e. The van der Waals surface area contributed by atoms with Gasteiger partial charge in [-0.3, -0.25) is 4.79 Å². The number of nitrogens with zero attached hydrogens (tertiary/aromatic N) is 1. The molecule has 2 aromatic carbocycles. The summed E-state index contributed by atoms with van der Waals surface area (Å²) in [7, 11) is 0. The zero-order valence-corrected chi connectivity index (χ0v) is 15.1.